The number of hydrogen-bond donors (Lipinski definition) is 0. The fraction of sp³-hybridized carbons (Fsp3) is 0.935. The Kier molecular flexibility index (Phi) is 36.6. The van der Waals surface area contributed by atoms with Crippen LogP contribution in [0.1, 0.15) is 241 Å². The van der Waals surface area contributed by atoms with Crippen LogP contribution in [0.3, 0.4) is 0 Å². The largest absolute Gasteiger partial charge is 0.462 e. The molecule has 0 aromatic heterocycles. The fourth-order valence-electron chi connectivity index (χ4n) is 6.67. The summed E-state index contributed by atoms with van der Waals surface area (Å²) in [4.78, 5) is 37.6. The summed E-state index contributed by atoms with van der Waals surface area (Å²) in [6.07, 6.45) is 33.9. The topological polar surface area (TPSA) is 78.9 Å². The second kappa shape index (κ2) is 37.7. The third kappa shape index (κ3) is 38.1. The van der Waals surface area contributed by atoms with Gasteiger partial charge in [-0.3, -0.25) is 14.4 Å². The molecule has 1 unspecified atom stereocenters. The lowest BCUT2D eigenvalue weighted by atomic mass is 10.00. The smallest absolute Gasteiger partial charge is 0.306 e. The van der Waals surface area contributed by atoms with E-state index < -0.39 is 6.10 Å². The highest BCUT2D eigenvalue weighted by atomic mass is 16.6. The van der Waals surface area contributed by atoms with Gasteiger partial charge in [-0.2, -0.15) is 0 Å². The van der Waals surface area contributed by atoms with E-state index in [-0.39, 0.29) is 31.1 Å². The van der Waals surface area contributed by atoms with Crippen LogP contribution in [0.25, 0.3) is 0 Å². The molecule has 0 bridgehead atoms. The highest BCUT2D eigenvalue weighted by Gasteiger charge is 2.19. The lowest BCUT2D eigenvalue weighted by Gasteiger charge is -2.18. The zero-order valence-corrected chi connectivity index (χ0v) is 35.6. The van der Waals surface area contributed by atoms with Crippen molar-refractivity contribution in [1.82, 2.24) is 0 Å². The number of carbonyl (C=O) groups is 3. The minimum absolute atomic E-state index is 0.0674. The number of hydrogen-bond acceptors (Lipinski definition) is 6. The van der Waals surface area contributed by atoms with Gasteiger partial charge in [0.05, 0.1) is 0 Å². The lowest BCUT2D eigenvalue weighted by molar-refractivity contribution is -0.167. The number of esters is 3. The molecule has 0 amide bonds. The van der Waals surface area contributed by atoms with Crippen LogP contribution in [0.5, 0.6) is 0 Å². The van der Waals surface area contributed by atoms with Gasteiger partial charge in [0.1, 0.15) is 13.2 Å². The molecule has 0 fully saturated rings. The Morgan fingerprint density at radius 1 is 0.385 bits per heavy atom. The molecule has 0 heterocycles. The molecule has 6 nitrogen and oxygen atoms in total. The molecule has 0 aliphatic rings. The van der Waals surface area contributed by atoms with Crippen LogP contribution >= 0.6 is 0 Å². The average Bonchev–Trinajstić information content (AvgIpc) is 3.11. The first-order valence-electron chi connectivity index (χ1n) is 22.6. The first-order chi connectivity index (χ1) is 25.1. The summed E-state index contributed by atoms with van der Waals surface area (Å²) in [6, 6.07) is 0. The average molecular weight is 737 g/mol. The van der Waals surface area contributed by atoms with E-state index in [1.54, 1.807) is 0 Å². The van der Waals surface area contributed by atoms with Crippen LogP contribution in [0, 0.1) is 17.8 Å². The molecule has 0 rings (SSSR count). The van der Waals surface area contributed by atoms with Gasteiger partial charge in [0.25, 0.3) is 0 Å². The zero-order chi connectivity index (χ0) is 38.5. The molecule has 0 aromatic carbocycles. The van der Waals surface area contributed by atoms with Gasteiger partial charge in [-0.05, 0) is 37.0 Å². The maximum absolute atomic E-state index is 12.7. The SMILES string of the molecule is CCC(C)CCCCCCCCC(=O)OC[C@@H](COC(=O)CCCCCCCCCCCCCCC(C)C)OC(=O)CCCCCCCCC(C)C. The van der Waals surface area contributed by atoms with Crippen molar-refractivity contribution >= 4 is 17.9 Å². The zero-order valence-electron chi connectivity index (χ0n) is 35.6. The molecule has 0 saturated carbocycles. The van der Waals surface area contributed by atoms with Crippen molar-refractivity contribution in [2.24, 2.45) is 17.8 Å². The summed E-state index contributed by atoms with van der Waals surface area (Å²) in [5.41, 5.74) is 0. The Morgan fingerprint density at radius 3 is 1.00 bits per heavy atom. The van der Waals surface area contributed by atoms with Crippen molar-refractivity contribution < 1.29 is 28.6 Å². The van der Waals surface area contributed by atoms with Crippen molar-refractivity contribution in [3.8, 4) is 0 Å². The first kappa shape index (κ1) is 50.4. The summed E-state index contributed by atoms with van der Waals surface area (Å²) in [6.45, 7) is 13.6. The van der Waals surface area contributed by atoms with Crippen molar-refractivity contribution in [1.29, 1.82) is 0 Å². The predicted octanol–water partition coefficient (Wildman–Crippen LogP) is 14.0. The maximum atomic E-state index is 12.7. The van der Waals surface area contributed by atoms with Gasteiger partial charge in [-0.25, -0.2) is 0 Å². The minimum Gasteiger partial charge on any atom is -0.462 e. The molecule has 6 heteroatoms. The molecule has 308 valence electrons. The molecule has 0 saturated heterocycles. The van der Waals surface area contributed by atoms with Crippen LogP contribution < -0.4 is 0 Å². The Bertz CT molecular complexity index is 809. The maximum Gasteiger partial charge on any atom is 0.306 e. The van der Waals surface area contributed by atoms with Gasteiger partial charge in [0, 0.05) is 19.3 Å². The Morgan fingerprint density at radius 2 is 0.673 bits per heavy atom. The number of rotatable bonds is 39. The number of carbonyl (C=O) groups excluding carboxylic acids is 3. The van der Waals surface area contributed by atoms with Gasteiger partial charge in [0.2, 0.25) is 0 Å². The quantitative estimate of drug-likeness (QED) is 0.0355. The van der Waals surface area contributed by atoms with Crippen molar-refractivity contribution in [3.05, 3.63) is 0 Å². The molecule has 0 aliphatic carbocycles. The van der Waals surface area contributed by atoms with Crippen LogP contribution in [-0.4, -0.2) is 37.2 Å². The van der Waals surface area contributed by atoms with E-state index >= 15 is 0 Å². The van der Waals surface area contributed by atoms with E-state index in [0.29, 0.717) is 19.3 Å². The molecular formula is C46H88O6. The summed E-state index contributed by atoms with van der Waals surface area (Å²) in [5, 5.41) is 0. The van der Waals surface area contributed by atoms with E-state index in [1.807, 2.05) is 0 Å². The normalized spacial score (nSPS) is 12.7. The van der Waals surface area contributed by atoms with Crippen molar-refractivity contribution in [2.75, 3.05) is 13.2 Å². The molecule has 0 N–H and O–H groups in total. The van der Waals surface area contributed by atoms with Crippen LogP contribution in [0.15, 0.2) is 0 Å². The standard InChI is InChI=1S/C46H88O6/c1-7-42(6)34-28-22-17-19-24-30-36-45(48)51-39-43(52-46(49)37-31-25-18-16-21-27-33-41(4)5)38-50-44(47)35-29-23-15-13-11-9-8-10-12-14-20-26-32-40(2)3/h40-43H,7-39H2,1-6H3/t42?,43-/m1/s1. The van der Waals surface area contributed by atoms with Gasteiger partial charge in [0.15, 0.2) is 6.10 Å². The molecule has 0 aromatic rings. The number of unbranched alkanes of at least 4 members (excludes halogenated alkanes) is 21. The monoisotopic (exact) mass is 737 g/mol. The molecule has 0 spiro atoms. The summed E-state index contributed by atoms with van der Waals surface area (Å²) in [5.74, 6) is 1.54. The minimum atomic E-state index is -0.762. The van der Waals surface area contributed by atoms with Crippen LogP contribution in [-0.2, 0) is 28.6 Å². The third-order valence-corrected chi connectivity index (χ3v) is 10.5. The van der Waals surface area contributed by atoms with E-state index in [0.717, 1.165) is 75.5 Å². The van der Waals surface area contributed by atoms with Crippen molar-refractivity contribution in [3.63, 3.8) is 0 Å². The highest BCUT2D eigenvalue weighted by molar-refractivity contribution is 5.71. The first-order valence-corrected chi connectivity index (χ1v) is 22.6. The summed E-state index contributed by atoms with van der Waals surface area (Å²) in [7, 11) is 0. The van der Waals surface area contributed by atoms with E-state index in [2.05, 4.69) is 41.5 Å². The number of ether oxygens (including phenoxy) is 3. The summed E-state index contributed by atoms with van der Waals surface area (Å²) >= 11 is 0. The summed E-state index contributed by atoms with van der Waals surface area (Å²) < 4.78 is 16.7. The van der Waals surface area contributed by atoms with E-state index in [4.69, 9.17) is 14.2 Å². The highest BCUT2D eigenvalue weighted by Crippen LogP contribution is 2.17. The second-order valence-electron chi connectivity index (χ2n) is 16.9. The lowest BCUT2D eigenvalue weighted by Crippen LogP contribution is -2.30. The Hall–Kier alpha value is -1.59. The van der Waals surface area contributed by atoms with Crippen LogP contribution in [0.4, 0.5) is 0 Å². The van der Waals surface area contributed by atoms with Gasteiger partial charge >= 0.3 is 17.9 Å². The van der Waals surface area contributed by atoms with Crippen LogP contribution in [0.2, 0.25) is 0 Å². The molecule has 52 heavy (non-hydrogen) atoms. The van der Waals surface area contributed by atoms with E-state index in [1.165, 1.54) is 122 Å². The molecule has 2 atom stereocenters. The predicted molar refractivity (Wildman–Crippen MR) is 219 cm³/mol. The van der Waals surface area contributed by atoms with Gasteiger partial charge in [-0.1, -0.05) is 202 Å². The molecule has 0 radical (unpaired) electrons. The Labute approximate surface area is 323 Å². The second-order valence-corrected chi connectivity index (χ2v) is 16.9. The van der Waals surface area contributed by atoms with E-state index in [9.17, 15) is 14.4 Å². The Balaban J connectivity index is 4.30. The fourth-order valence-corrected chi connectivity index (χ4v) is 6.67. The molecular weight excluding hydrogens is 648 g/mol. The van der Waals surface area contributed by atoms with Crippen molar-refractivity contribution in [2.45, 2.75) is 247 Å². The van der Waals surface area contributed by atoms with Gasteiger partial charge < -0.3 is 14.2 Å². The van der Waals surface area contributed by atoms with Gasteiger partial charge in [-0.15, -0.1) is 0 Å². The third-order valence-electron chi connectivity index (χ3n) is 10.5. The molecule has 0 aliphatic heterocycles.